The molecule has 1 unspecified atom stereocenters. The van der Waals surface area contributed by atoms with Crippen LogP contribution >= 0.6 is 0 Å². The Kier molecular flexibility index (Phi) is 4.24. The molecule has 0 saturated heterocycles. The van der Waals surface area contributed by atoms with E-state index in [1.807, 2.05) is 25.8 Å². The molecule has 1 saturated carbocycles. The van der Waals surface area contributed by atoms with E-state index in [1.54, 1.807) is 0 Å². The van der Waals surface area contributed by atoms with Crippen molar-refractivity contribution in [3.8, 4) is 0 Å². The molecule has 1 aliphatic carbocycles. The maximum absolute atomic E-state index is 9.32. The first-order chi connectivity index (χ1) is 9.08. The molecule has 0 spiro atoms. The second-order valence-corrected chi connectivity index (χ2v) is 5.33. The fraction of sp³-hybridized carbons (Fsp3) is 0.714. The van der Waals surface area contributed by atoms with Gasteiger partial charge in [-0.15, -0.1) is 0 Å². The number of nitrogens with zero attached hydrogens (tertiary/aromatic N) is 3. The van der Waals surface area contributed by atoms with Gasteiger partial charge in [0.1, 0.15) is 17.5 Å². The fourth-order valence-corrected chi connectivity index (χ4v) is 2.06. The van der Waals surface area contributed by atoms with E-state index in [2.05, 4.69) is 17.2 Å². The van der Waals surface area contributed by atoms with Gasteiger partial charge in [-0.25, -0.2) is 9.97 Å². The van der Waals surface area contributed by atoms with Gasteiger partial charge in [-0.2, -0.15) is 0 Å². The molecule has 5 nitrogen and oxygen atoms in total. The first-order valence-corrected chi connectivity index (χ1v) is 7.04. The van der Waals surface area contributed by atoms with Gasteiger partial charge in [0.25, 0.3) is 0 Å². The fourth-order valence-electron chi connectivity index (χ4n) is 2.06. The Bertz CT molecular complexity index is 445. The highest BCUT2D eigenvalue weighted by Gasteiger charge is 2.29. The van der Waals surface area contributed by atoms with Crippen LogP contribution in [0.5, 0.6) is 0 Å². The van der Waals surface area contributed by atoms with Crippen molar-refractivity contribution >= 4 is 11.6 Å². The summed E-state index contributed by atoms with van der Waals surface area (Å²) in [4.78, 5) is 11.4. The van der Waals surface area contributed by atoms with Gasteiger partial charge in [0.2, 0.25) is 0 Å². The van der Waals surface area contributed by atoms with E-state index in [0.29, 0.717) is 5.92 Å². The minimum atomic E-state index is 0.0510. The van der Waals surface area contributed by atoms with Crippen molar-refractivity contribution in [1.82, 2.24) is 9.97 Å². The lowest BCUT2D eigenvalue weighted by Crippen LogP contribution is -2.33. The summed E-state index contributed by atoms with van der Waals surface area (Å²) in [6.07, 6.45) is 2.38. The SMILES string of the molecule is CCNc1nc(C2CC2)nc(N(C)C(C)CO)c1C. The molecule has 1 fully saturated rings. The van der Waals surface area contributed by atoms with Crippen LogP contribution in [0.25, 0.3) is 0 Å². The Labute approximate surface area is 115 Å². The normalized spacial score (nSPS) is 16.3. The molecule has 1 heterocycles. The third kappa shape index (κ3) is 2.97. The second-order valence-electron chi connectivity index (χ2n) is 5.33. The maximum atomic E-state index is 9.32. The summed E-state index contributed by atoms with van der Waals surface area (Å²) in [5.74, 6) is 3.31. The number of nitrogens with one attached hydrogen (secondary N) is 1. The first-order valence-electron chi connectivity index (χ1n) is 7.04. The topological polar surface area (TPSA) is 61.3 Å². The lowest BCUT2D eigenvalue weighted by molar-refractivity contribution is 0.269. The van der Waals surface area contributed by atoms with Gasteiger partial charge in [-0.05, 0) is 33.6 Å². The van der Waals surface area contributed by atoms with Gasteiger partial charge in [0, 0.05) is 25.1 Å². The molecule has 0 aromatic carbocycles. The molecule has 0 aliphatic heterocycles. The highest BCUT2D eigenvalue weighted by atomic mass is 16.3. The number of hydrogen-bond donors (Lipinski definition) is 2. The Balaban J connectivity index is 2.39. The average Bonchev–Trinajstić information content (AvgIpc) is 3.24. The molecule has 1 atom stereocenters. The Morgan fingerprint density at radius 1 is 1.42 bits per heavy atom. The molecule has 1 aromatic heterocycles. The Hall–Kier alpha value is -1.36. The third-order valence-electron chi connectivity index (χ3n) is 3.68. The minimum Gasteiger partial charge on any atom is -0.394 e. The number of aliphatic hydroxyl groups is 1. The predicted octanol–water partition coefficient (Wildman–Crippen LogP) is 1.91. The Morgan fingerprint density at radius 2 is 2.11 bits per heavy atom. The number of hydrogen-bond acceptors (Lipinski definition) is 5. The zero-order valence-corrected chi connectivity index (χ0v) is 12.3. The van der Waals surface area contributed by atoms with Gasteiger partial charge in [-0.3, -0.25) is 0 Å². The minimum absolute atomic E-state index is 0.0510. The molecule has 19 heavy (non-hydrogen) atoms. The van der Waals surface area contributed by atoms with Crippen LogP contribution in [-0.4, -0.2) is 41.3 Å². The van der Waals surface area contributed by atoms with Crippen molar-refractivity contribution in [2.24, 2.45) is 0 Å². The van der Waals surface area contributed by atoms with Crippen molar-refractivity contribution in [2.75, 3.05) is 30.4 Å². The summed E-state index contributed by atoms with van der Waals surface area (Å²) in [5.41, 5.74) is 1.05. The lowest BCUT2D eigenvalue weighted by Gasteiger charge is -2.27. The van der Waals surface area contributed by atoms with E-state index in [9.17, 15) is 5.11 Å². The third-order valence-corrected chi connectivity index (χ3v) is 3.68. The second kappa shape index (κ2) is 5.74. The molecule has 0 radical (unpaired) electrons. The quantitative estimate of drug-likeness (QED) is 0.822. The summed E-state index contributed by atoms with van der Waals surface area (Å²) in [6.45, 7) is 7.06. The molecule has 0 bridgehead atoms. The summed E-state index contributed by atoms with van der Waals surface area (Å²) >= 11 is 0. The van der Waals surface area contributed by atoms with Gasteiger partial charge in [-0.1, -0.05) is 0 Å². The smallest absolute Gasteiger partial charge is 0.137 e. The van der Waals surface area contributed by atoms with Gasteiger partial charge in [0.15, 0.2) is 0 Å². The number of rotatable bonds is 6. The van der Waals surface area contributed by atoms with E-state index in [-0.39, 0.29) is 12.6 Å². The largest absolute Gasteiger partial charge is 0.394 e. The molecule has 2 N–H and O–H groups in total. The predicted molar refractivity (Wildman–Crippen MR) is 77.9 cm³/mol. The van der Waals surface area contributed by atoms with Crippen molar-refractivity contribution in [1.29, 1.82) is 0 Å². The Morgan fingerprint density at radius 3 is 2.63 bits per heavy atom. The molecular formula is C14H24N4O. The standard InChI is InChI=1S/C14H24N4O/c1-5-15-12-10(3)14(18(4)9(2)8-19)17-13(16-12)11-6-7-11/h9,11,19H,5-8H2,1-4H3,(H,15,16,17). The van der Waals surface area contributed by atoms with Crippen LogP contribution in [0.15, 0.2) is 0 Å². The van der Waals surface area contributed by atoms with E-state index in [4.69, 9.17) is 4.98 Å². The van der Waals surface area contributed by atoms with Crippen molar-refractivity contribution in [2.45, 2.75) is 45.6 Å². The van der Waals surface area contributed by atoms with Crippen LogP contribution in [0, 0.1) is 6.92 Å². The molecule has 1 aromatic rings. The summed E-state index contributed by atoms with van der Waals surface area (Å²) in [6, 6.07) is 0.0510. The van der Waals surface area contributed by atoms with E-state index >= 15 is 0 Å². The van der Waals surface area contributed by atoms with Crippen LogP contribution in [0.4, 0.5) is 11.6 Å². The highest BCUT2D eigenvalue weighted by Crippen LogP contribution is 2.40. The molecular weight excluding hydrogens is 240 g/mol. The van der Waals surface area contributed by atoms with Gasteiger partial charge >= 0.3 is 0 Å². The molecule has 2 rings (SSSR count). The molecule has 0 amide bonds. The van der Waals surface area contributed by atoms with Crippen molar-refractivity contribution in [3.63, 3.8) is 0 Å². The zero-order valence-electron chi connectivity index (χ0n) is 12.3. The summed E-state index contributed by atoms with van der Waals surface area (Å²) < 4.78 is 0. The molecule has 5 heteroatoms. The van der Waals surface area contributed by atoms with Crippen molar-refractivity contribution < 1.29 is 5.11 Å². The van der Waals surface area contributed by atoms with E-state index < -0.39 is 0 Å². The number of aliphatic hydroxyl groups excluding tert-OH is 1. The highest BCUT2D eigenvalue weighted by molar-refractivity contribution is 5.59. The van der Waals surface area contributed by atoms with Crippen LogP contribution in [0.2, 0.25) is 0 Å². The molecule has 1 aliphatic rings. The summed E-state index contributed by atoms with van der Waals surface area (Å²) in [7, 11) is 1.97. The number of aromatic nitrogens is 2. The van der Waals surface area contributed by atoms with Crippen LogP contribution < -0.4 is 10.2 Å². The van der Waals surface area contributed by atoms with Crippen molar-refractivity contribution in [3.05, 3.63) is 11.4 Å². The van der Waals surface area contributed by atoms with E-state index in [0.717, 1.165) is 29.6 Å². The van der Waals surface area contributed by atoms with E-state index in [1.165, 1.54) is 12.8 Å². The maximum Gasteiger partial charge on any atom is 0.137 e. The molecule has 106 valence electrons. The van der Waals surface area contributed by atoms with Crippen LogP contribution in [0.3, 0.4) is 0 Å². The number of likely N-dealkylation sites (N-methyl/N-ethyl adjacent to an activating group) is 1. The number of anilines is 2. The summed E-state index contributed by atoms with van der Waals surface area (Å²) in [5, 5.41) is 12.6. The van der Waals surface area contributed by atoms with Crippen LogP contribution in [0.1, 0.15) is 44.0 Å². The van der Waals surface area contributed by atoms with Gasteiger partial charge in [0.05, 0.1) is 12.6 Å². The zero-order chi connectivity index (χ0) is 14.0. The monoisotopic (exact) mass is 264 g/mol. The average molecular weight is 264 g/mol. The first kappa shape index (κ1) is 14.1. The lowest BCUT2D eigenvalue weighted by atomic mass is 10.2. The van der Waals surface area contributed by atoms with Crippen LogP contribution in [-0.2, 0) is 0 Å². The van der Waals surface area contributed by atoms with Gasteiger partial charge < -0.3 is 15.3 Å².